The van der Waals surface area contributed by atoms with Gasteiger partial charge in [-0.05, 0) is 35.7 Å². The number of rotatable bonds is 3. The van der Waals surface area contributed by atoms with E-state index in [9.17, 15) is 5.11 Å². The lowest BCUT2D eigenvalue weighted by Gasteiger charge is -2.13. The van der Waals surface area contributed by atoms with E-state index in [-0.39, 0.29) is 0 Å². The summed E-state index contributed by atoms with van der Waals surface area (Å²) < 4.78 is 0. The van der Waals surface area contributed by atoms with Gasteiger partial charge >= 0.3 is 0 Å². The zero-order valence-electron chi connectivity index (χ0n) is 10.0. The van der Waals surface area contributed by atoms with Crippen LogP contribution in [0.25, 0.3) is 0 Å². The van der Waals surface area contributed by atoms with Gasteiger partial charge in [0.2, 0.25) is 0 Å². The Morgan fingerprint density at radius 2 is 1.78 bits per heavy atom. The molecule has 0 heterocycles. The van der Waals surface area contributed by atoms with Crippen LogP contribution in [-0.4, -0.2) is 5.11 Å². The molecule has 18 heavy (non-hydrogen) atoms. The van der Waals surface area contributed by atoms with Gasteiger partial charge in [-0.3, -0.25) is 0 Å². The van der Waals surface area contributed by atoms with Crippen LogP contribution < -0.4 is 0 Å². The fraction of sp³-hybridized carbons (Fsp3) is 0.200. The topological polar surface area (TPSA) is 20.2 Å². The molecule has 0 bridgehead atoms. The predicted octanol–water partition coefficient (Wildman–Crippen LogP) is 4.58. The molecular weight excluding hydrogens is 267 g/mol. The lowest BCUT2D eigenvalue weighted by molar-refractivity contribution is 0.178. The average molecular weight is 281 g/mol. The number of hydrogen-bond donors (Lipinski definition) is 1. The Labute approximate surface area is 117 Å². The molecule has 0 fully saturated rings. The molecular formula is C15H14Cl2O. The SMILES string of the molecule is Cc1ccc(C(O)Cc2ccccc2Cl)cc1Cl. The van der Waals surface area contributed by atoms with E-state index in [0.29, 0.717) is 16.5 Å². The van der Waals surface area contributed by atoms with Crippen molar-refractivity contribution < 1.29 is 5.11 Å². The summed E-state index contributed by atoms with van der Waals surface area (Å²) in [4.78, 5) is 0. The van der Waals surface area contributed by atoms with Crippen molar-refractivity contribution >= 4 is 23.2 Å². The van der Waals surface area contributed by atoms with Gasteiger partial charge in [0.25, 0.3) is 0 Å². The molecule has 1 atom stereocenters. The Bertz CT molecular complexity index is 552. The van der Waals surface area contributed by atoms with Crippen LogP contribution in [0.1, 0.15) is 22.8 Å². The highest BCUT2D eigenvalue weighted by molar-refractivity contribution is 6.31. The molecule has 0 saturated heterocycles. The smallest absolute Gasteiger partial charge is 0.0831 e. The summed E-state index contributed by atoms with van der Waals surface area (Å²) in [6, 6.07) is 13.1. The van der Waals surface area contributed by atoms with Gasteiger partial charge in [0.15, 0.2) is 0 Å². The second kappa shape index (κ2) is 5.75. The van der Waals surface area contributed by atoms with E-state index in [0.717, 1.165) is 16.7 Å². The quantitative estimate of drug-likeness (QED) is 0.873. The van der Waals surface area contributed by atoms with Crippen LogP contribution in [0.2, 0.25) is 10.0 Å². The van der Waals surface area contributed by atoms with Gasteiger partial charge < -0.3 is 5.11 Å². The van der Waals surface area contributed by atoms with Crippen molar-refractivity contribution in [1.29, 1.82) is 0 Å². The first kappa shape index (κ1) is 13.4. The summed E-state index contributed by atoms with van der Waals surface area (Å²) >= 11 is 12.1. The molecule has 0 radical (unpaired) electrons. The minimum absolute atomic E-state index is 0.485. The van der Waals surface area contributed by atoms with E-state index in [1.165, 1.54) is 0 Å². The Kier molecular flexibility index (Phi) is 4.28. The number of halogens is 2. The molecule has 0 amide bonds. The highest BCUT2D eigenvalue weighted by Crippen LogP contribution is 2.26. The maximum absolute atomic E-state index is 10.2. The van der Waals surface area contributed by atoms with Crippen LogP contribution >= 0.6 is 23.2 Å². The van der Waals surface area contributed by atoms with Gasteiger partial charge in [0.05, 0.1) is 6.10 Å². The van der Waals surface area contributed by atoms with E-state index in [4.69, 9.17) is 23.2 Å². The lowest BCUT2D eigenvalue weighted by atomic mass is 10.0. The Balaban J connectivity index is 2.19. The maximum atomic E-state index is 10.2. The third kappa shape index (κ3) is 3.05. The molecule has 0 aliphatic heterocycles. The molecule has 1 nitrogen and oxygen atoms in total. The summed E-state index contributed by atoms with van der Waals surface area (Å²) in [7, 11) is 0. The van der Waals surface area contributed by atoms with E-state index in [1.807, 2.05) is 43.3 Å². The van der Waals surface area contributed by atoms with E-state index in [2.05, 4.69) is 0 Å². The molecule has 0 aliphatic carbocycles. The second-order valence-corrected chi connectivity index (χ2v) is 5.13. The summed E-state index contributed by atoms with van der Waals surface area (Å²) in [5, 5.41) is 11.5. The molecule has 0 aliphatic rings. The van der Waals surface area contributed by atoms with E-state index < -0.39 is 6.10 Å². The highest BCUT2D eigenvalue weighted by Gasteiger charge is 2.11. The number of benzene rings is 2. The zero-order chi connectivity index (χ0) is 13.1. The third-order valence-electron chi connectivity index (χ3n) is 2.95. The first-order chi connectivity index (χ1) is 8.58. The average Bonchev–Trinajstić information content (AvgIpc) is 2.35. The first-order valence-electron chi connectivity index (χ1n) is 5.75. The standard InChI is InChI=1S/C15H14Cl2O/c1-10-6-7-12(8-14(10)17)15(18)9-11-4-2-3-5-13(11)16/h2-8,15,18H,9H2,1H3. The third-order valence-corrected chi connectivity index (χ3v) is 3.73. The van der Waals surface area contributed by atoms with Crippen LogP contribution in [0.5, 0.6) is 0 Å². The monoisotopic (exact) mass is 280 g/mol. The van der Waals surface area contributed by atoms with E-state index >= 15 is 0 Å². The molecule has 0 saturated carbocycles. The van der Waals surface area contributed by atoms with Crippen molar-refractivity contribution in [2.75, 3.05) is 0 Å². The summed E-state index contributed by atoms with van der Waals surface area (Å²) in [5.74, 6) is 0. The summed E-state index contributed by atoms with van der Waals surface area (Å²) in [6.07, 6.45) is -0.109. The van der Waals surface area contributed by atoms with E-state index in [1.54, 1.807) is 6.07 Å². The van der Waals surface area contributed by atoms with Crippen molar-refractivity contribution in [3.8, 4) is 0 Å². The first-order valence-corrected chi connectivity index (χ1v) is 6.51. The van der Waals surface area contributed by atoms with Gasteiger partial charge in [0, 0.05) is 16.5 Å². The zero-order valence-corrected chi connectivity index (χ0v) is 11.5. The Hall–Kier alpha value is -1.02. The van der Waals surface area contributed by atoms with Crippen LogP contribution in [0.4, 0.5) is 0 Å². The molecule has 2 rings (SSSR count). The van der Waals surface area contributed by atoms with Crippen molar-refractivity contribution in [2.45, 2.75) is 19.4 Å². The van der Waals surface area contributed by atoms with Crippen LogP contribution in [-0.2, 0) is 6.42 Å². The fourth-order valence-electron chi connectivity index (χ4n) is 1.81. The van der Waals surface area contributed by atoms with Gasteiger partial charge in [-0.2, -0.15) is 0 Å². The number of aryl methyl sites for hydroxylation is 1. The van der Waals surface area contributed by atoms with Crippen molar-refractivity contribution in [3.63, 3.8) is 0 Å². The van der Waals surface area contributed by atoms with Crippen LogP contribution in [0.3, 0.4) is 0 Å². The predicted molar refractivity (Wildman–Crippen MR) is 76.3 cm³/mol. The summed E-state index contributed by atoms with van der Waals surface area (Å²) in [5.41, 5.74) is 2.75. The number of hydrogen-bond acceptors (Lipinski definition) is 1. The van der Waals surface area contributed by atoms with Crippen LogP contribution in [0, 0.1) is 6.92 Å². The largest absolute Gasteiger partial charge is 0.388 e. The van der Waals surface area contributed by atoms with Crippen molar-refractivity contribution in [2.24, 2.45) is 0 Å². The molecule has 2 aromatic carbocycles. The summed E-state index contributed by atoms with van der Waals surface area (Å²) in [6.45, 7) is 1.94. The fourth-order valence-corrected chi connectivity index (χ4v) is 2.21. The molecule has 94 valence electrons. The Morgan fingerprint density at radius 1 is 1.06 bits per heavy atom. The Morgan fingerprint density at radius 3 is 2.44 bits per heavy atom. The van der Waals surface area contributed by atoms with Crippen molar-refractivity contribution in [1.82, 2.24) is 0 Å². The molecule has 2 aromatic rings. The lowest BCUT2D eigenvalue weighted by Crippen LogP contribution is -2.02. The maximum Gasteiger partial charge on any atom is 0.0831 e. The molecule has 0 spiro atoms. The highest BCUT2D eigenvalue weighted by atomic mass is 35.5. The number of aliphatic hydroxyl groups excluding tert-OH is 1. The van der Waals surface area contributed by atoms with Gasteiger partial charge in [-0.1, -0.05) is 53.5 Å². The molecule has 0 aromatic heterocycles. The van der Waals surface area contributed by atoms with Gasteiger partial charge in [-0.25, -0.2) is 0 Å². The van der Waals surface area contributed by atoms with Gasteiger partial charge in [-0.15, -0.1) is 0 Å². The molecule has 3 heteroatoms. The number of aliphatic hydroxyl groups is 1. The molecule has 1 N–H and O–H groups in total. The molecule has 1 unspecified atom stereocenters. The van der Waals surface area contributed by atoms with Gasteiger partial charge in [0.1, 0.15) is 0 Å². The van der Waals surface area contributed by atoms with Crippen LogP contribution in [0.15, 0.2) is 42.5 Å². The minimum atomic E-state index is -0.594. The second-order valence-electron chi connectivity index (χ2n) is 4.32. The van der Waals surface area contributed by atoms with Crippen molar-refractivity contribution in [3.05, 3.63) is 69.2 Å². The normalized spacial score (nSPS) is 12.4. The minimum Gasteiger partial charge on any atom is -0.388 e.